The smallest absolute Gasteiger partial charge is 0.322 e. The van der Waals surface area contributed by atoms with Gasteiger partial charge < -0.3 is 15.5 Å². The molecular weight excluding hydrogens is 436 g/mol. The molecule has 2 fully saturated rings. The van der Waals surface area contributed by atoms with E-state index in [1.165, 1.54) is 12.0 Å². The molecule has 1 heterocycles. The Morgan fingerprint density at radius 1 is 0.914 bits per heavy atom. The maximum absolute atomic E-state index is 13.2. The van der Waals surface area contributed by atoms with Crippen molar-refractivity contribution in [3.63, 3.8) is 0 Å². The molecule has 6 nitrogen and oxygen atoms in total. The first-order valence-corrected chi connectivity index (χ1v) is 13.3. The fourth-order valence-electron chi connectivity index (χ4n) is 5.34. The summed E-state index contributed by atoms with van der Waals surface area (Å²) >= 11 is 0. The average molecular weight is 477 g/mol. The largest absolute Gasteiger partial charge is 0.353 e. The third-order valence-corrected chi connectivity index (χ3v) is 7.44. The van der Waals surface area contributed by atoms with Crippen molar-refractivity contribution in [3.8, 4) is 0 Å². The number of para-hydroxylation sites is 1. The number of nitrogens with one attached hydrogen (secondary N) is 2. The number of hydrogen-bond donors (Lipinski definition) is 2. The van der Waals surface area contributed by atoms with E-state index in [4.69, 9.17) is 0 Å². The number of benzene rings is 2. The molecule has 188 valence electrons. The number of carbonyl (C=O) groups excluding carboxylic acids is 2. The normalized spacial score (nSPS) is 17.6. The van der Waals surface area contributed by atoms with E-state index < -0.39 is 0 Å². The summed E-state index contributed by atoms with van der Waals surface area (Å²) in [4.78, 5) is 30.4. The first-order chi connectivity index (χ1) is 17.1. The lowest BCUT2D eigenvalue weighted by atomic mass is 9.94. The number of hydrogen-bond acceptors (Lipinski definition) is 3. The molecule has 0 aromatic heterocycles. The lowest BCUT2D eigenvalue weighted by Gasteiger charge is -2.35. The Balaban J connectivity index is 1.26. The predicted octanol–water partition coefficient (Wildman–Crippen LogP) is 5.33. The van der Waals surface area contributed by atoms with Crippen molar-refractivity contribution in [2.45, 2.75) is 76.9 Å². The van der Waals surface area contributed by atoms with Crippen LogP contribution < -0.4 is 10.6 Å². The van der Waals surface area contributed by atoms with Gasteiger partial charge in [0.05, 0.1) is 0 Å². The van der Waals surface area contributed by atoms with Crippen LogP contribution in [0, 0.1) is 6.92 Å². The Morgan fingerprint density at radius 3 is 2.31 bits per heavy atom. The topological polar surface area (TPSA) is 64.7 Å². The number of amides is 3. The SMILES string of the molecule is Cc1ccccc1NC(=O)N(CCC(=O)NC1CCN(Cc2ccccc2)CC1)C1CCCCC1. The number of nitrogens with zero attached hydrogens (tertiary/aromatic N) is 2. The summed E-state index contributed by atoms with van der Waals surface area (Å²) in [7, 11) is 0. The van der Waals surface area contributed by atoms with Crippen LogP contribution in [0.5, 0.6) is 0 Å². The summed E-state index contributed by atoms with van der Waals surface area (Å²) in [5.74, 6) is 0.0519. The van der Waals surface area contributed by atoms with Crippen LogP contribution in [0.1, 0.15) is 62.5 Å². The van der Waals surface area contributed by atoms with Gasteiger partial charge in [0.25, 0.3) is 0 Å². The van der Waals surface area contributed by atoms with E-state index in [0.29, 0.717) is 13.0 Å². The molecule has 2 N–H and O–H groups in total. The van der Waals surface area contributed by atoms with Crippen molar-refractivity contribution in [3.05, 3.63) is 65.7 Å². The van der Waals surface area contributed by atoms with E-state index in [2.05, 4.69) is 39.8 Å². The number of carbonyl (C=O) groups is 2. The van der Waals surface area contributed by atoms with Crippen molar-refractivity contribution in [2.75, 3.05) is 25.0 Å². The molecule has 6 heteroatoms. The van der Waals surface area contributed by atoms with Gasteiger partial charge in [0.15, 0.2) is 0 Å². The van der Waals surface area contributed by atoms with Gasteiger partial charge in [-0.15, -0.1) is 0 Å². The molecular formula is C29H40N4O2. The highest BCUT2D eigenvalue weighted by molar-refractivity contribution is 5.90. The Bertz CT molecular complexity index is 950. The zero-order valence-electron chi connectivity index (χ0n) is 21.0. The molecule has 2 aromatic rings. The van der Waals surface area contributed by atoms with Crippen molar-refractivity contribution >= 4 is 17.6 Å². The highest BCUT2D eigenvalue weighted by Gasteiger charge is 2.27. The molecule has 2 aromatic carbocycles. The maximum atomic E-state index is 13.2. The van der Waals surface area contributed by atoms with E-state index in [-0.39, 0.29) is 24.0 Å². The third kappa shape index (κ3) is 7.56. The minimum absolute atomic E-state index is 0.0519. The van der Waals surface area contributed by atoms with Gasteiger partial charge in [-0.25, -0.2) is 4.79 Å². The van der Waals surface area contributed by atoms with Crippen LogP contribution in [0.15, 0.2) is 54.6 Å². The number of piperidine rings is 1. The minimum Gasteiger partial charge on any atom is -0.353 e. The molecule has 35 heavy (non-hydrogen) atoms. The van der Waals surface area contributed by atoms with Crippen LogP contribution >= 0.6 is 0 Å². The molecule has 0 radical (unpaired) electrons. The molecule has 1 saturated heterocycles. The van der Waals surface area contributed by atoms with E-state index in [1.807, 2.05) is 42.2 Å². The van der Waals surface area contributed by atoms with Gasteiger partial charge in [0.2, 0.25) is 5.91 Å². The Labute approximate surface area is 210 Å². The summed E-state index contributed by atoms with van der Waals surface area (Å²) in [5, 5.41) is 6.32. The number of likely N-dealkylation sites (tertiary alicyclic amines) is 1. The Hall–Kier alpha value is -2.86. The quantitative estimate of drug-likeness (QED) is 0.541. The molecule has 3 amide bonds. The van der Waals surface area contributed by atoms with Gasteiger partial charge in [-0.3, -0.25) is 9.69 Å². The van der Waals surface area contributed by atoms with E-state index in [1.54, 1.807) is 0 Å². The fraction of sp³-hybridized carbons (Fsp3) is 0.517. The van der Waals surface area contributed by atoms with Crippen LogP contribution in [0.2, 0.25) is 0 Å². The van der Waals surface area contributed by atoms with Gasteiger partial charge in [-0.1, -0.05) is 67.8 Å². The fourth-order valence-corrected chi connectivity index (χ4v) is 5.34. The molecule has 0 unspecified atom stereocenters. The standard InChI is InChI=1S/C29H40N4O2/c1-23-10-8-9-15-27(23)31-29(35)33(26-13-6-3-7-14-26)21-18-28(34)30-25-16-19-32(20-17-25)22-24-11-4-2-5-12-24/h2,4-5,8-12,15,25-26H,3,6-7,13-14,16-22H2,1H3,(H,30,34)(H,31,35). The van der Waals surface area contributed by atoms with Gasteiger partial charge >= 0.3 is 6.03 Å². The second-order valence-electron chi connectivity index (χ2n) is 10.1. The van der Waals surface area contributed by atoms with Crippen LogP contribution in [0.4, 0.5) is 10.5 Å². The number of urea groups is 1. The second-order valence-corrected chi connectivity index (χ2v) is 10.1. The monoisotopic (exact) mass is 476 g/mol. The van der Waals surface area contributed by atoms with Crippen molar-refractivity contribution in [2.24, 2.45) is 0 Å². The average Bonchev–Trinajstić information content (AvgIpc) is 2.88. The molecule has 0 atom stereocenters. The lowest BCUT2D eigenvalue weighted by Crippen LogP contribution is -2.47. The molecule has 1 saturated carbocycles. The summed E-state index contributed by atoms with van der Waals surface area (Å²) in [6.07, 6.45) is 7.84. The Kier molecular flexibility index (Phi) is 9.18. The van der Waals surface area contributed by atoms with Crippen LogP contribution in [0.25, 0.3) is 0 Å². The lowest BCUT2D eigenvalue weighted by molar-refractivity contribution is -0.122. The third-order valence-electron chi connectivity index (χ3n) is 7.44. The summed E-state index contributed by atoms with van der Waals surface area (Å²) in [6, 6.07) is 18.7. The number of aryl methyl sites for hydroxylation is 1. The maximum Gasteiger partial charge on any atom is 0.322 e. The molecule has 0 spiro atoms. The second kappa shape index (κ2) is 12.7. The predicted molar refractivity (Wildman–Crippen MR) is 141 cm³/mol. The molecule has 1 aliphatic heterocycles. The molecule has 1 aliphatic carbocycles. The van der Waals surface area contributed by atoms with Gasteiger partial charge in [0, 0.05) is 50.4 Å². The zero-order chi connectivity index (χ0) is 24.5. The first-order valence-electron chi connectivity index (χ1n) is 13.3. The highest BCUT2D eigenvalue weighted by atomic mass is 16.2. The summed E-state index contributed by atoms with van der Waals surface area (Å²) < 4.78 is 0. The molecule has 0 bridgehead atoms. The Morgan fingerprint density at radius 2 is 1.60 bits per heavy atom. The van der Waals surface area contributed by atoms with Crippen molar-refractivity contribution in [1.82, 2.24) is 15.1 Å². The summed E-state index contributed by atoms with van der Waals surface area (Å²) in [5.41, 5.74) is 3.22. The number of rotatable bonds is 8. The van der Waals surface area contributed by atoms with E-state index in [9.17, 15) is 9.59 Å². The molecule has 2 aliphatic rings. The number of anilines is 1. The van der Waals surface area contributed by atoms with Gasteiger partial charge in [0.1, 0.15) is 0 Å². The van der Waals surface area contributed by atoms with E-state index in [0.717, 1.165) is 69.4 Å². The first kappa shape index (κ1) is 25.2. The van der Waals surface area contributed by atoms with Gasteiger partial charge in [-0.2, -0.15) is 0 Å². The van der Waals surface area contributed by atoms with Crippen LogP contribution in [-0.2, 0) is 11.3 Å². The van der Waals surface area contributed by atoms with E-state index >= 15 is 0 Å². The summed E-state index contributed by atoms with van der Waals surface area (Å²) in [6.45, 7) is 5.41. The van der Waals surface area contributed by atoms with Crippen molar-refractivity contribution in [1.29, 1.82) is 0 Å². The molecule has 4 rings (SSSR count). The minimum atomic E-state index is -0.0896. The van der Waals surface area contributed by atoms with Crippen LogP contribution in [0.3, 0.4) is 0 Å². The van der Waals surface area contributed by atoms with Crippen LogP contribution in [-0.4, -0.2) is 53.5 Å². The zero-order valence-corrected chi connectivity index (χ0v) is 21.0. The van der Waals surface area contributed by atoms with Gasteiger partial charge in [-0.05, 0) is 49.8 Å². The highest BCUT2D eigenvalue weighted by Crippen LogP contribution is 2.24. The van der Waals surface area contributed by atoms with Crippen molar-refractivity contribution < 1.29 is 9.59 Å².